The zero-order chi connectivity index (χ0) is 15.2. The Morgan fingerprint density at radius 3 is 2.52 bits per heavy atom. The molecule has 21 heavy (non-hydrogen) atoms. The van der Waals surface area contributed by atoms with Gasteiger partial charge in [0, 0.05) is 16.7 Å². The Labute approximate surface area is 138 Å². The maximum Gasteiger partial charge on any atom is 0.123 e. The van der Waals surface area contributed by atoms with Gasteiger partial charge in [0.05, 0.1) is 10.0 Å². The Morgan fingerprint density at radius 1 is 1.14 bits per heavy atom. The van der Waals surface area contributed by atoms with Gasteiger partial charge >= 0.3 is 0 Å². The van der Waals surface area contributed by atoms with Crippen LogP contribution in [0, 0.1) is 5.82 Å². The van der Waals surface area contributed by atoms with Crippen molar-refractivity contribution in [3.63, 3.8) is 0 Å². The first-order valence-corrected chi connectivity index (χ1v) is 8.33. The lowest BCUT2D eigenvalue weighted by Gasteiger charge is -2.17. The molecule has 0 bridgehead atoms. The summed E-state index contributed by atoms with van der Waals surface area (Å²) in [5.74, 6) is 0.653. The third kappa shape index (κ3) is 4.89. The summed E-state index contributed by atoms with van der Waals surface area (Å²) in [6.07, 6.45) is 0.796. The Bertz CT molecular complexity index is 589. The minimum atomic E-state index is -0.213. The second-order valence-corrected chi connectivity index (χ2v) is 6.55. The highest BCUT2D eigenvalue weighted by atomic mass is 35.5. The van der Waals surface area contributed by atoms with Crippen LogP contribution in [0.25, 0.3) is 0 Å². The molecule has 0 saturated heterocycles. The van der Waals surface area contributed by atoms with Gasteiger partial charge in [-0.3, -0.25) is 0 Å². The Kier molecular flexibility index (Phi) is 6.37. The van der Waals surface area contributed by atoms with E-state index in [1.54, 1.807) is 30.0 Å². The van der Waals surface area contributed by atoms with Crippen molar-refractivity contribution in [1.82, 2.24) is 5.32 Å². The minimum absolute atomic E-state index is 0.213. The van der Waals surface area contributed by atoms with Crippen LogP contribution >= 0.6 is 35.0 Å². The molecule has 0 aliphatic heterocycles. The topological polar surface area (TPSA) is 12.0 Å². The zero-order valence-electron chi connectivity index (χ0n) is 11.6. The van der Waals surface area contributed by atoms with Crippen LogP contribution in [0.4, 0.5) is 4.39 Å². The minimum Gasteiger partial charge on any atom is -0.316 e. The van der Waals surface area contributed by atoms with E-state index in [0.29, 0.717) is 10.0 Å². The molecular formula is C16H16Cl2FNS. The molecule has 2 aromatic carbocycles. The molecule has 1 unspecified atom stereocenters. The molecule has 112 valence electrons. The zero-order valence-corrected chi connectivity index (χ0v) is 13.9. The lowest BCUT2D eigenvalue weighted by Crippen LogP contribution is -2.30. The molecule has 0 aromatic heterocycles. The molecule has 1 atom stereocenters. The van der Waals surface area contributed by atoms with Crippen molar-refractivity contribution in [2.45, 2.75) is 17.4 Å². The van der Waals surface area contributed by atoms with E-state index < -0.39 is 0 Å². The molecule has 0 radical (unpaired) electrons. The van der Waals surface area contributed by atoms with E-state index in [4.69, 9.17) is 23.2 Å². The molecule has 0 spiro atoms. The second kappa shape index (κ2) is 8.04. The van der Waals surface area contributed by atoms with E-state index >= 15 is 0 Å². The van der Waals surface area contributed by atoms with Gasteiger partial charge in [0.2, 0.25) is 0 Å². The van der Waals surface area contributed by atoms with Crippen molar-refractivity contribution in [2.24, 2.45) is 0 Å². The van der Waals surface area contributed by atoms with Crippen molar-refractivity contribution < 1.29 is 4.39 Å². The predicted octanol–water partition coefficient (Wildman–Crippen LogP) is 5.06. The first-order valence-electron chi connectivity index (χ1n) is 6.58. The largest absolute Gasteiger partial charge is 0.316 e. The van der Waals surface area contributed by atoms with Crippen LogP contribution in [0.2, 0.25) is 10.0 Å². The number of nitrogens with one attached hydrogen (secondary N) is 1. The van der Waals surface area contributed by atoms with Gasteiger partial charge in [-0.2, -0.15) is 0 Å². The standard InChI is InChI=1S/C16H16Cl2FNS/c1-20-13(9-11-3-2-4-15(17)16(11)18)10-21-14-7-5-12(19)6-8-14/h2-8,13,20H,9-10H2,1H3. The number of rotatable bonds is 6. The summed E-state index contributed by atoms with van der Waals surface area (Å²) in [6.45, 7) is 0. The molecule has 0 amide bonds. The summed E-state index contributed by atoms with van der Waals surface area (Å²) in [5, 5.41) is 4.48. The molecule has 0 fully saturated rings. The van der Waals surface area contributed by atoms with Gasteiger partial charge in [-0.1, -0.05) is 35.3 Å². The number of likely N-dealkylation sites (N-methyl/N-ethyl adjacent to an activating group) is 1. The number of halogens is 3. The fourth-order valence-corrected chi connectivity index (χ4v) is 3.35. The van der Waals surface area contributed by atoms with Crippen LogP contribution < -0.4 is 5.32 Å². The van der Waals surface area contributed by atoms with Crippen LogP contribution in [0.15, 0.2) is 47.4 Å². The number of thioether (sulfide) groups is 1. The maximum absolute atomic E-state index is 12.9. The first-order chi connectivity index (χ1) is 10.1. The van der Waals surface area contributed by atoms with Crippen LogP contribution in [0.5, 0.6) is 0 Å². The number of hydrogen-bond acceptors (Lipinski definition) is 2. The van der Waals surface area contributed by atoms with Gasteiger partial charge in [0.25, 0.3) is 0 Å². The van der Waals surface area contributed by atoms with Crippen molar-refractivity contribution in [3.05, 3.63) is 63.9 Å². The van der Waals surface area contributed by atoms with Gasteiger partial charge in [0.15, 0.2) is 0 Å². The van der Waals surface area contributed by atoms with Crippen molar-refractivity contribution >= 4 is 35.0 Å². The molecule has 5 heteroatoms. The summed E-state index contributed by atoms with van der Waals surface area (Å²) in [5.41, 5.74) is 1.03. The molecule has 0 aliphatic carbocycles. The van der Waals surface area contributed by atoms with E-state index in [1.807, 2.05) is 19.2 Å². The quantitative estimate of drug-likeness (QED) is 0.736. The average Bonchev–Trinajstić information content (AvgIpc) is 2.49. The highest BCUT2D eigenvalue weighted by Crippen LogP contribution is 2.27. The summed E-state index contributed by atoms with van der Waals surface area (Å²) in [7, 11) is 1.92. The monoisotopic (exact) mass is 343 g/mol. The highest BCUT2D eigenvalue weighted by molar-refractivity contribution is 7.99. The van der Waals surface area contributed by atoms with Crippen LogP contribution in [-0.4, -0.2) is 18.8 Å². The maximum atomic E-state index is 12.9. The Hall–Kier alpha value is -0.740. The molecule has 1 N–H and O–H groups in total. The van der Waals surface area contributed by atoms with Crippen LogP contribution in [-0.2, 0) is 6.42 Å². The summed E-state index contributed by atoms with van der Waals surface area (Å²) < 4.78 is 12.9. The summed E-state index contributed by atoms with van der Waals surface area (Å²) in [6, 6.07) is 12.5. The van der Waals surface area contributed by atoms with Gasteiger partial charge in [-0.25, -0.2) is 4.39 Å². The van der Waals surface area contributed by atoms with Crippen molar-refractivity contribution in [2.75, 3.05) is 12.8 Å². The van der Waals surface area contributed by atoms with Gasteiger partial charge in [-0.05, 0) is 49.4 Å². The SMILES string of the molecule is CNC(CSc1ccc(F)cc1)Cc1cccc(Cl)c1Cl. The van der Waals surface area contributed by atoms with Gasteiger partial charge in [-0.15, -0.1) is 11.8 Å². The number of hydrogen-bond donors (Lipinski definition) is 1. The lowest BCUT2D eigenvalue weighted by atomic mass is 10.1. The molecule has 0 saturated carbocycles. The van der Waals surface area contributed by atoms with Crippen LogP contribution in [0.3, 0.4) is 0 Å². The molecule has 0 aliphatic rings. The second-order valence-electron chi connectivity index (χ2n) is 4.67. The fraction of sp³-hybridized carbons (Fsp3) is 0.250. The van der Waals surface area contributed by atoms with E-state index in [1.165, 1.54) is 12.1 Å². The van der Waals surface area contributed by atoms with Gasteiger partial charge in [0.1, 0.15) is 5.82 Å². The van der Waals surface area contributed by atoms with E-state index in [0.717, 1.165) is 22.6 Å². The molecule has 1 nitrogen and oxygen atoms in total. The third-order valence-electron chi connectivity index (χ3n) is 3.17. The fourth-order valence-electron chi connectivity index (χ4n) is 1.94. The van der Waals surface area contributed by atoms with Crippen LogP contribution in [0.1, 0.15) is 5.56 Å². The summed E-state index contributed by atoms with van der Waals surface area (Å²) in [4.78, 5) is 1.05. The Morgan fingerprint density at radius 2 is 1.86 bits per heavy atom. The smallest absolute Gasteiger partial charge is 0.123 e. The van der Waals surface area contributed by atoms with E-state index in [-0.39, 0.29) is 11.9 Å². The molecule has 0 heterocycles. The van der Waals surface area contributed by atoms with E-state index in [9.17, 15) is 4.39 Å². The predicted molar refractivity (Wildman–Crippen MR) is 90.1 cm³/mol. The average molecular weight is 344 g/mol. The highest BCUT2D eigenvalue weighted by Gasteiger charge is 2.12. The molecule has 2 rings (SSSR count). The molecule has 2 aromatic rings. The van der Waals surface area contributed by atoms with Crippen molar-refractivity contribution in [3.8, 4) is 0 Å². The lowest BCUT2D eigenvalue weighted by molar-refractivity contribution is 0.617. The third-order valence-corrected chi connectivity index (χ3v) is 5.20. The van der Waals surface area contributed by atoms with Crippen molar-refractivity contribution in [1.29, 1.82) is 0 Å². The van der Waals surface area contributed by atoms with E-state index in [2.05, 4.69) is 5.32 Å². The number of benzene rings is 2. The molecular weight excluding hydrogens is 328 g/mol. The first kappa shape index (κ1) is 16.6. The van der Waals surface area contributed by atoms with Gasteiger partial charge < -0.3 is 5.32 Å². The Balaban J connectivity index is 1.97. The summed E-state index contributed by atoms with van der Waals surface area (Å²) >= 11 is 13.9. The normalized spacial score (nSPS) is 12.4.